The van der Waals surface area contributed by atoms with Crippen molar-refractivity contribution in [3.63, 3.8) is 0 Å². The van der Waals surface area contributed by atoms with E-state index < -0.39 is 6.04 Å². The molecule has 84 valence electrons. The van der Waals surface area contributed by atoms with Gasteiger partial charge in [-0.05, 0) is 25.7 Å². The lowest BCUT2D eigenvalue weighted by Gasteiger charge is -2.17. The molecule has 0 aromatic rings. The minimum Gasteiger partial charge on any atom is -0.396 e. The smallest absolute Gasteiger partial charge is 0.237 e. The van der Waals surface area contributed by atoms with Crippen LogP contribution < -0.4 is 11.1 Å². The van der Waals surface area contributed by atoms with Gasteiger partial charge in [0.25, 0.3) is 0 Å². The predicted octanol–water partition coefficient (Wildman–Crippen LogP) is 0.247. The molecule has 0 bridgehead atoms. The van der Waals surface area contributed by atoms with Gasteiger partial charge in [-0.15, -0.1) is 0 Å². The van der Waals surface area contributed by atoms with Crippen molar-refractivity contribution in [3.8, 4) is 0 Å². The van der Waals surface area contributed by atoms with E-state index in [2.05, 4.69) is 5.32 Å². The first-order chi connectivity index (χ1) is 6.47. The highest BCUT2D eigenvalue weighted by Gasteiger charge is 2.16. The predicted molar refractivity (Wildman–Crippen MR) is 56.7 cm³/mol. The van der Waals surface area contributed by atoms with Gasteiger partial charge in [0.1, 0.15) is 0 Å². The molecule has 0 aromatic carbocycles. The minimum atomic E-state index is -0.434. The Kier molecular flexibility index (Phi) is 6.49. The van der Waals surface area contributed by atoms with Gasteiger partial charge in [-0.1, -0.05) is 13.8 Å². The molecule has 0 aliphatic rings. The van der Waals surface area contributed by atoms with Crippen molar-refractivity contribution < 1.29 is 9.90 Å². The number of carbonyl (C=O) groups is 1. The molecule has 0 aliphatic heterocycles. The second kappa shape index (κ2) is 6.79. The molecular weight excluding hydrogens is 180 g/mol. The van der Waals surface area contributed by atoms with Gasteiger partial charge in [0.05, 0.1) is 6.04 Å². The lowest BCUT2D eigenvalue weighted by atomic mass is 10.0. The molecule has 1 amide bonds. The molecule has 1 unspecified atom stereocenters. The monoisotopic (exact) mass is 202 g/mol. The third kappa shape index (κ3) is 5.94. The molecule has 0 saturated heterocycles. The van der Waals surface area contributed by atoms with Crippen LogP contribution in [0, 0.1) is 5.92 Å². The SMILES string of the molecule is CC(C)C[C@@H](N)C(=O)NC(C)CCO. The van der Waals surface area contributed by atoms with Crippen molar-refractivity contribution in [2.45, 2.75) is 45.7 Å². The third-order valence-electron chi connectivity index (χ3n) is 2.01. The summed E-state index contributed by atoms with van der Waals surface area (Å²) in [5, 5.41) is 11.4. The van der Waals surface area contributed by atoms with Gasteiger partial charge in [0, 0.05) is 12.6 Å². The van der Waals surface area contributed by atoms with Gasteiger partial charge in [-0.25, -0.2) is 0 Å². The number of hydrogen-bond donors (Lipinski definition) is 3. The molecule has 0 fully saturated rings. The zero-order valence-electron chi connectivity index (χ0n) is 9.29. The Morgan fingerprint density at radius 1 is 1.43 bits per heavy atom. The zero-order valence-corrected chi connectivity index (χ0v) is 9.29. The van der Waals surface area contributed by atoms with Gasteiger partial charge in [0.15, 0.2) is 0 Å². The van der Waals surface area contributed by atoms with Crippen LogP contribution >= 0.6 is 0 Å². The first-order valence-corrected chi connectivity index (χ1v) is 5.14. The molecule has 14 heavy (non-hydrogen) atoms. The number of nitrogens with two attached hydrogens (primary N) is 1. The van der Waals surface area contributed by atoms with Crippen LogP contribution in [0.5, 0.6) is 0 Å². The summed E-state index contributed by atoms with van der Waals surface area (Å²) in [6, 6.07) is -0.443. The van der Waals surface area contributed by atoms with Gasteiger partial charge in [-0.3, -0.25) is 4.79 Å². The van der Waals surface area contributed by atoms with Crippen molar-refractivity contribution in [2.24, 2.45) is 11.7 Å². The van der Waals surface area contributed by atoms with E-state index in [1.165, 1.54) is 0 Å². The van der Waals surface area contributed by atoms with E-state index in [0.717, 1.165) is 0 Å². The van der Waals surface area contributed by atoms with Crippen molar-refractivity contribution in [2.75, 3.05) is 6.61 Å². The average Bonchev–Trinajstić information content (AvgIpc) is 2.02. The summed E-state index contributed by atoms with van der Waals surface area (Å²) < 4.78 is 0. The van der Waals surface area contributed by atoms with Gasteiger partial charge in [-0.2, -0.15) is 0 Å². The van der Waals surface area contributed by atoms with E-state index in [9.17, 15) is 4.79 Å². The maximum absolute atomic E-state index is 11.4. The normalized spacial score (nSPS) is 15.3. The maximum atomic E-state index is 11.4. The Bertz CT molecular complexity index is 172. The highest BCUT2D eigenvalue weighted by Crippen LogP contribution is 2.03. The fourth-order valence-corrected chi connectivity index (χ4v) is 1.23. The number of aliphatic hydroxyl groups excluding tert-OH is 1. The second-order valence-corrected chi connectivity index (χ2v) is 4.16. The average molecular weight is 202 g/mol. The molecule has 4 N–H and O–H groups in total. The number of aliphatic hydroxyl groups is 1. The number of amides is 1. The van der Waals surface area contributed by atoms with E-state index in [0.29, 0.717) is 18.8 Å². The first kappa shape index (κ1) is 13.4. The molecule has 0 aromatic heterocycles. The van der Waals surface area contributed by atoms with Crippen molar-refractivity contribution in [1.29, 1.82) is 0 Å². The summed E-state index contributed by atoms with van der Waals surface area (Å²) >= 11 is 0. The van der Waals surface area contributed by atoms with Crippen molar-refractivity contribution >= 4 is 5.91 Å². The molecule has 0 heterocycles. The first-order valence-electron chi connectivity index (χ1n) is 5.14. The van der Waals surface area contributed by atoms with E-state index in [1.807, 2.05) is 20.8 Å². The number of nitrogens with one attached hydrogen (secondary N) is 1. The fourth-order valence-electron chi connectivity index (χ4n) is 1.23. The van der Waals surface area contributed by atoms with Crippen LogP contribution in [-0.4, -0.2) is 29.7 Å². The summed E-state index contributed by atoms with van der Waals surface area (Å²) in [6.07, 6.45) is 1.26. The highest BCUT2D eigenvalue weighted by molar-refractivity contribution is 5.81. The molecule has 0 saturated carbocycles. The van der Waals surface area contributed by atoms with Crippen molar-refractivity contribution in [1.82, 2.24) is 5.32 Å². The van der Waals surface area contributed by atoms with Gasteiger partial charge < -0.3 is 16.2 Å². The topological polar surface area (TPSA) is 75.4 Å². The van der Waals surface area contributed by atoms with Gasteiger partial charge >= 0.3 is 0 Å². The number of carbonyl (C=O) groups excluding carboxylic acids is 1. The third-order valence-corrected chi connectivity index (χ3v) is 2.01. The molecule has 0 aliphatic carbocycles. The summed E-state index contributed by atoms with van der Waals surface area (Å²) in [4.78, 5) is 11.4. The van der Waals surface area contributed by atoms with Crippen LogP contribution in [0.3, 0.4) is 0 Å². The summed E-state index contributed by atoms with van der Waals surface area (Å²) in [5.41, 5.74) is 5.69. The molecule has 4 nitrogen and oxygen atoms in total. The Labute approximate surface area is 85.9 Å². The summed E-state index contributed by atoms with van der Waals surface area (Å²) in [5.74, 6) is 0.295. The molecule has 0 radical (unpaired) electrons. The van der Waals surface area contributed by atoms with Crippen LogP contribution in [0.25, 0.3) is 0 Å². The molecule has 2 atom stereocenters. The van der Waals surface area contributed by atoms with Crippen LogP contribution in [-0.2, 0) is 4.79 Å². The number of hydrogen-bond acceptors (Lipinski definition) is 3. The lowest BCUT2D eigenvalue weighted by Crippen LogP contribution is -2.45. The Morgan fingerprint density at radius 3 is 2.43 bits per heavy atom. The van der Waals surface area contributed by atoms with Crippen LogP contribution in [0.4, 0.5) is 0 Å². The van der Waals surface area contributed by atoms with Crippen LogP contribution in [0.2, 0.25) is 0 Å². The van der Waals surface area contributed by atoms with Gasteiger partial charge in [0.2, 0.25) is 5.91 Å². The number of rotatable bonds is 6. The Morgan fingerprint density at radius 2 is 2.00 bits per heavy atom. The fraction of sp³-hybridized carbons (Fsp3) is 0.900. The molecule has 4 heteroatoms. The van der Waals surface area contributed by atoms with E-state index in [1.54, 1.807) is 0 Å². The van der Waals surface area contributed by atoms with E-state index in [4.69, 9.17) is 10.8 Å². The molecular formula is C10H22N2O2. The summed E-state index contributed by atoms with van der Waals surface area (Å²) in [7, 11) is 0. The maximum Gasteiger partial charge on any atom is 0.237 e. The summed E-state index contributed by atoms with van der Waals surface area (Å²) in [6.45, 7) is 6.01. The molecule has 0 spiro atoms. The van der Waals surface area contributed by atoms with E-state index in [-0.39, 0.29) is 18.6 Å². The Hall–Kier alpha value is -0.610. The standard InChI is InChI=1S/C10H22N2O2/c1-7(2)6-9(11)10(14)12-8(3)4-5-13/h7-9,13H,4-6,11H2,1-3H3,(H,12,14)/t8?,9-/m1/s1. The minimum absolute atomic E-state index is 0.00860. The largest absolute Gasteiger partial charge is 0.396 e. The second-order valence-electron chi connectivity index (χ2n) is 4.16. The van der Waals surface area contributed by atoms with Crippen LogP contribution in [0.15, 0.2) is 0 Å². The Balaban J connectivity index is 3.82. The van der Waals surface area contributed by atoms with E-state index >= 15 is 0 Å². The molecule has 0 rings (SSSR count). The lowest BCUT2D eigenvalue weighted by molar-refractivity contribution is -0.123. The zero-order chi connectivity index (χ0) is 11.1. The quantitative estimate of drug-likeness (QED) is 0.578. The van der Waals surface area contributed by atoms with Crippen molar-refractivity contribution in [3.05, 3.63) is 0 Å². The van der Waals surface area contributed by atoms with Crippen LogP contribution in [0.1, 0.15) is 33.6 Å². The highest BCUT2D eigenvalue weighted by atomic mass is 16.3.